The Morgan fingerprint density at radius 1 is 1.12 bits per heavy atom. The van der Waals surface area contributed by atoms with Gasteiger partial charge in [-0.05, 0) is 49.3 Å². The van der Waals surface area contributed by atoms with Crippen LogP contribution >= 0.6 is 0 Å². The summed E-state index contributed by atoms with van der Waals surface area (Å²) in [6.07, 6.45) is 7.76. The molecule has 0 radical (unpaired) electrons. The number of carbonyl (C=O) groups excluding carboxylic acids is 1. The number of nitrogens with one attached hydrogen (secondary N) is 1. The Bertz CT molecular complexity index is 724. The minimum atomic E-state index is -3.20. The first-order chi connectivity index (χ1) is 11.3. The number of likely N-dealkylation sites (tertiary alicyclic amines) is 1. The van der Waals surface area contributed by atoms with Gasteiger partial charge >= 0.3 is 6.03 Å². The minimum absolute atomic E-state index is 0.0379. The summed E-state index contributed by atoms with van der Waals surface area (Å²) in [5.41, 5.74) is 0.897. The van der Waals surface area contributed by atoms with E-state index in [1.165, 1.54) is 6.26 Å². The smallest absolute Gasteiger partial charge is 0.317 e. The Kier molecular flexibility index (Phi) is 4.67. The SMILES string of the molecule is CC(NC(=O)N1CC2CC=CCC2C1)c1ccc(S(C)(=O)=O)cc1. The van der Waals surface area contributed by atoms with Crippen molar-refractivity contribution in [3.05, 3.63) is 42.0 Å². The lowest BCUT2D eigenvalue weighted by atomic mass is 9.86. The lowest BCUT2D eigenvalue weighted by Crippen LogP contribution is -2.39. The van der Waals surface area contributed by atoms with Crippen molar-refractivity contribution in [2.24, 2.45) is 11.8 Å². The van der Waals surface area contributed by atoms with Crippen LogP contribution in [0.25, 0.3) is 0 Å². The fraction of sp³-hybridized carbons (Fsp3) is 0.500. The largest absolute Gasteiger partial charge is 0.331 e. The standard InChI is InChI=1S/C18H24N2O3S/c1-13(14-7-9-17(10-8-14)24(2,22)23)19-18(21)20-11-15-5-3-4-6-16(15)12-20/h3-4,7-10,13,15-16H,5-6,11-12H2,1-2H3,(H,19,21). The molecule has 0 aromatic heterocycles. The van der Waals surface area contributed by atoms with Crippen molar-refractivity contribution in [2.75, 3.05) is 19.3 Å². The van der Waals surface area contributed by atoms with E-state index in [2.05, 4.69) is 17.5 Å². The fourth-order valence-electron chi connectivity index (χ4n) is 3.54. The summed E-state index contributed by atoms with van der Waals surface area (Å²) in [6.45, 7) is 3.55. The molecule has 6 heteroatoms. The van der Waals surface area contributed by atoms with Crippen LogP contribution in [0.1, 0.15) is 31.4 Å². The Balaban J connectivity index is 1.60. The summed E-state index contributed by atoms with van der Waals surface area (Å²) >= 11 is 0. The third-order valence-corrected chi connectivity index (χ3v) is 6.18. The highest BCUT2D eigenvalue weighted by Crippen LogP contribution is 2.32. The zero-order valence-corrected chi connectivity index (χ0v) is 14.9. The van der Waals surface area contributed by atoms with Crippen LogP contribution in [0.15, 0.2) is 41.3 Å². The molecule has 2 aliphatic rings. The van der Waals surface area contributed by atoms with E-state index < -0.39 is 9.84 Å². The van der Waals surface area contributed by atoms with Crippen LogP contribution in [0.5, 0.6) is 0 Å². The number of benzene rings is 1. The van der Waals surface area contributed by atoms with Gasteiger partial charge in [0.05, 0.1) is 10.9 Å². The first kappa shape index (κ1) is 17.0. The summed E-state index contributed by atoms with van der Waals surface area (Å²) in [5.74, 6) is 1.18. The number of hydrogen-bond donors (Lipinski definition) is 1. The lowest BCUT2D eigenvalue weighted by Gasteiger charge is -2.21. The van der Waals surface area contributed by atoms with E-state index in [1.807, 2.05) is 11.8 Å². The number of nitrogens with zero attached hydrogens (tertiary/aromatic N) is 1. The van der Waals surface area contributed by atoms with E-state index in [1.54, 1.807) is 24.3 Å². The summed E-state index contributed by atoms with van der Waals surface area (Å²) in [7, 11) is -3.20. The predicted octanol–water partition coefficient (Wildman–Crippen LogP) is 2.76. The maximum atomic E-state index is 12.5. The molecule has 1 aromatic carbocycles. The van der Waals surface area contributed by atoms with E-state index in [0.29, 0.717) is 16.7 Å². The molecular weight excluding hydrogens is 324 g/mol. The molecule has 3 atom stereocenters. The van der Waals surface area contributed by atoms with Crippen LogP contribution < -0.4 is 5.32 Å². The first-order valence-corrected chi connectivity index (χ1v) is 10.2. The van der Waals surface area contributed by atoms with E-state index in [9.17, 15) is 13.2 Å². The molecule has 5 nitrogen and oxygen atoms in total. The van der Waals surface area contributed by atoms with Crippen LogP contribution in [0.4, 0.5) is 4.79 Å². The molecule has 0 spiro atoms. The van der Waals surface area contributed by atoms with Crippen LogP contribution in [0, 0.1) is 11.8 Å². The molecule has 130 valence electrons. The van der Waals surface area contributed by atoms with Gasteiger partial charge in [-0.2, -0.15) is 0 Å². The summed E-state index contributed by atoms with van der Waals surface area (Å²) < 4.78 is 23.0. The van der Waals surface area contributed by atoms with Crippen LogP contribution in [0.2, 0.25) is 0 Å². The maximum absolute atomic E-state index is 12.5. The normalized spacial score (nSPS) is 24.5. The zero-order valence-electron chi connectivity index (χ0n) is 14.1. The van der Waals surface area contributed by atoms with Gasteiger partial charge in [0.15, 0.2) is 9.84 Å². The topological polar surface area (TPSA) is 66.5 Å². The number of fused-ring (bicyclic) bond motifs is 1. The van der Waals surface area contributed by atoms with Gasteiger partial charge in [-0.3, -0.25) is 0 Å². The molecule has 1 aliphatic heterocycles. The Morgan fingerprint density at radius 2 is 1.67 bits per heavy atom. The summed E-state index contributed by atoms with van der Waals surface area (Å²) in [4.78, 5) is 14.7. The van der Waals surface area contributed by atoms with Crippen LogP contribution in [-0.2, 0) is 9.84 Å². The Morgan fingerprint density at radius 3 is 2.17 bits per heavy atom. The molecule has 0 bridgehead atoms. The molecule has 2 amide bonds. The van der Waals surface area contributed by atoms with Gasteiger partial charge in [0.1, 0.15) is 0 Å². The van der Waals surface area contributed by atoms with Crippen molar-refractivity contribution in [3.63, 3.8) is 0 Å². The van der Waals surface area contributed by atoms with E-state index >= 15 is 0 Å². The van der Waals surface area contributed by atoms with Gasteiger partial charge in [0.2, 0.25) is 0 Å². The molecule has 0 saturated carbocycles. The van der Waals surface area contributed by atoms with E-state index in [-0.39, 0.29) is 12.1 Å². The fourth-order valence-corrected chi connectivity index (χ4v) is 4.17. The summed E-state index contributed by atoms with van der Waals surface area (Å²) in [6, 6.07) is 6.49. The second kappa shape index (κ2) is 6.59. The molecule has 24 heavy (non-hydrogen) atoms. The summed E-state index contributed by atoms with van der Waals surface area (Å²) in [5, 5.41) is 3.02. The zero-order chi connectivity index (χ0) is 17.3. The molecule has 1 aliphatic carbocycles. The Labute approximate surface area is 143 Å². The highest BCUT2D eigenvalue weighted by atomic mass is 32.2. The second-order valence-corrected chi connectivity index (χ2v) is 8.90. The van der Waals surface area contributed by atoms with Gasteiger partial charge < -0.3 is 10.2 Å². The second-order valence-electron chi connectivity index (χ2n) is 6.88. The lowest BCUT2D eigenvalue weighted by molar-refractivity contribution is 0.203. The van der Waals surface area contributed by atoms with Crippen LogP contribution in [-0.4, -0.2) is 38.7 Å². The number of rotatable bonds is 3. The number of carbonyl (C=O) groups is 1. The highest BCUT2D eigenvalue weighted by molar-refractivity contribution is 7.90. The van der Waals surface area contributed by atoms with Gasteiger partial charge in [-0.15, -0.1) is 0 Å². The van der Waals surface area contributed by atoms with Crippen LogP contribution in [0.3, 0.4) is 0 Å². The molecule has 1 aromatic rings. The average molecular weight is 348 g/mol. The average Bonchev–Trinajstić information content (AvgIpc) is 2.98. The molecule has 1 fully saturated rings. The molecule has 3 unspecified atom stereocenters. The minimum Gasteiger partial charge on any atom is -0.331 e. The molecule has 1 saturated heterocycles. The van der Waals surface area contributed by atoms with Gasteiger partial charge in [0.25, 0.3) is 0 Å². The number of urea groups is 1. The molecular formula is C18H24N2O3S. The maximum Gasteiger partial charge on any atom is 0.317 e. The van der Waals surface area contributed by atoms with Crippen molar-refractivity contribution in [2.45, 2.75) is 30.7 Å². The van der Waals surface area contributed by atoms with Crippen molar-refractivity contribution in [3.8, 4) is 0 Å². The molecule has 3 rings (SSSR count). The number of amides is 2. The van der Waals surface area contributed by atoms with Gasteiger partial charge in [-0.1, -0.05) is 24.3 Å². The molecule has 1 N–H and O–H groups in total. The van der Waals surface area contributed by atoms with E-state index in [0.717, 1.165) is 31.5 Å². The number of allylic oxidation sites excluding steroid dienone is 2. The molecule has 1 heterocycles. The highest BCUT2D eigenvalue weighted by Gasteiger charge is 2.35. The monoisotopic (exact) mass is 348 g/mol. The third kappa shape index (κ3) is 3.64. The number of hydrogen-bond acceptors (Lipinski definition) is 3. The number of sulfone groups is 1. The Hall–Kier alpha value is -1.82. The van der Waals surface area contributed by atoms with E-state index in [4.69, 9.17) is 0 Å². The van der Waals surface area contributed by atoms with Gasteiger partial charge in [0, 0.05) is 19.3 Å². The quantitative estimate of drug-likeness (QED) is 0.854. The van der Waals surface area contributed by atoms with Crippen molar-refractivity contribution in [1.82, 2.24) is 10.2 Å². The first-order valence-electron chi connectivity index (χ1n) is 8.35. The van der Waals surface area contributed by atoms with Crippen molar-refractivity contribution in [1.29, 1.82) is 0 Å². The van der Waals surface area contributed by atoms with Crippen molar-refractivity contribution >= 4 is 15.9 Å². The van der Waals surface area contributed by atoms with Crippen molar-refractivity contribution < 1.29 is 13.2 Å². The van der Waals surface area contributed by atoms with Gasteiger partial charge in [-0.25, -0.2) is 13.2 Å². The third-order valence-electron chi connectivity index (χ3n) is 5.06. The predicted molar refractivity (Wildman–Crippen MR) is 93.4 cm³/mol.